The van der Waals surface area contributed by atoms with E-state index in [-0.39, 0.29) is 18.6 Å². The number of likely N-dealkylation sites (tertiary alicyclic amines) is 1. The van der Waals surface area contributed by atoms with E-state index in [0.29, 0.717) is 5.75 Å². The molecule has 26 heavy (non-hydrogen) atoms. The van der Waals surface area contributed by atoms with Crippen molar-refractivity contribution in [1.29, 1.82) is 0 Å². The van der Waals surface area contributed by atoms with E-state index in [1.54, 1.807) is 24.3 Å². The lowest BCUT2D eigenvalue weighted by molar-refractivity contribution is -0.117. The molecule has 1 aliphatic rings. The predicted molar refractivity (Wildman–Crippen MR) is 104 cm³/mol. The number of amides is 1. The molecular formula is C20H24N2O3S. The number of hydrogen-bond acceptors (Lipinski definition) is 5. The van der Waals surface area contributed by atoms with Gasteiger partial charge in [0, 0.05) is 36.6 Å². The second-order valence-corrected chi connectivity index (χ2v) is 7.52. The number of piperidine rings is 1. The predicted octanol–water partition coefficient (Wildman–Crippen LogP) is 2.74. The van der Waals surface area contributed by atoms with Crippen molar-refractivity contribution in [2.24, 2.45) is 0 Å². The third-order valence-electron chi connectivity index (χ3n) is 4.51. The third kappa shape index (κ3) is 5.42. The number of carbonyl (C=O) groups excluding carboxylic acids is 1. The summed E-state index contributed by atoms with van der Waals surface area (Å²) < 4.78 is 0. The molecule has 1 aromatic heterocycles. The molecule has 0 unspecified atom stereocenters. The molecule has 3 N–H and O–H groups in total. The van der Waals surface area contributed by atoms with Crippen LogP contribution >= 0.6 is 11.3 Å². The minimum absolute atomic E-state index is 0.0255. The first-order valence-corrected chi connectivity index (χ1v) is 9.67. The van der Waals surface area contributed by atoms with Gasteiger partial charge in [-0.3, -0.25) is 9.69 Å². The van der Waals surface area contributed by atoms with E-state index in [1.165, 1.54) is 11.3 Å². The van der Waals surface area contributed by atoms with Crippen molar-refractivity contribution in [3.8, 4) is 5.75 Å². The Morgan fingerprint density at radius 1 is 1.27 bits per heavy atom. The standard InChI is InChI=1S/C20H24N2O3S/c23-13-16-11-19(26-14-16)4-5-20(25)21-17-6-8-22(9-7-17)12-15-2-1-3-18(24)10-15/h1-5,10-11,14,17,23-24H,6-9,12-13H2,(H,21,25). The van der Waals surface area contributed by atoms with Gasteiger partial charge in [0.15, 0.2) is 0 Å². The number of carbonyl (C=O) groups is 1. The zero-order chi connectivity index (χ0) is 18.4. The zero-order valence-electron chi connectivity index (χ0n) is 14.6. The normalized spacial score (nSPS) is 16.2. The summed E-state index contributed by atoms with van der Waals surface area (Å²) >= 11 is 1.51. The smallest absolute Gasteiger partial charge is 0.244 e. The number of nitrogens with zero attached hydrogens (tertiary/aromatic N) is 1. The first kappa shape index (κ1) is 18.6. The highest BCUT2D eigenvalue weighted by Crippen LogP contribution is 2.18. The summed E-state index contributed by atoms with van der Waals surface area (Å²) in [4.78, 5) is 15.4. The van der Waals surface area contributed by atoms with E-state index in [9.17, 15) is 9.90 Å². The summed E-state index contributed by atoms with van der Waals surface area (Å²) in [6.07, 6.45) is 5.19. The van der Waals surface area contributed by atoms with Crippen LogP contribution in [0.15, 0.2) is 41.8 Å². The fourth-order valence-electron chi connectivity index (χ4n) is 3.12. The minimum Gasteiger partial charge on any atom is -0.508 e. The number of aliphatic hydroxyl groups is 1. The lowest BCUT2D eigenvalue weighted by Gasteiger charge is -2.32. The number of nitrogens with one attached hydrogen (secondary N) is 1. The van der Waals surface area contributed by atoms with Crippen molar-refractivity contribution in [2.45, 2.75) is 32.0 Å². The van der Waals surface area contributed by atoms with E-state index in [1.807, 2.05) is 23.6 Å². The molecule has 0 bridgehead atoms. The van der Waals surface area contributed by atoms with Crippen LogP contribution in [-0.4, -0.2) is 40.2 Å². The SMILES string of the molecule is O=C(C=Cc1cc(CO)cs1)NC1CCN(Cc2cccc(O)c2)CC1. The van der Waals surface area contributed by atoms with Gasteiger partial charge in [-0.15, -0.1) is 11.3 Å². The van der Waals surface area contributed by atoms with Crippen molar-refractivity contribution in [3.63, 3.8) is 0 Å². The molecule has 1 aliphatic heterocycles. The van der Waals surface area contributed by atoms with E-state index in [4.69, 9.17) is 5.11 Å². The van der Waals surface area contributed by atoms with Gasteiger partial charge in [-0.1, -0.05) is 12.1 Å². The maximum atomic E-state index is 12.1. The number of benzene rings is 1. The van der Waals surface area contributed by atoms with Crippen LogP contribution in [0.5, 0.6) is 5.75 Å². The van der Waals surface area contributed by atoms with Crippen molar-refractivity contribution in [2.75, 3.05) is 13.1 Å². The summed E-state index contributed by atoms with van der Waals surface area (Å²) in [5.41, 5.74) is 1.97. The van der Waals surface area contributed by atoms with E-state index in [2.05, 4.69) is 10.2 Å². The highest BCUT2D eigenvalue weighted by molar-refractivity contribution is 7.11. The van der Waals surface area contributed by atoms with Crippen molar-refractivity contribution >= 4 is 23.3 Å². The number of rotatable bonds is 6. The molecule has 0 radical (unpaired) electrons. The fraction of sp³-hybridized carbons (Fsp3) is 0.350. The highest BCUT2D eigenvalue weighted by Gasteiger charge is 2.20. The van der Waals surface area contributed by atoms with Gasteiger partial charge in [0.05, 0.1) is 6.61 Å². The van der Waals surface area contributed by atoms with Gasteiger partial charge < -0.3 is 15.5 Å². The van der Waals surface area contributed by atoms with Gasteiger partial charge >= 0.3 is 0 Å². The molecule has 1 fully saturated rings. The second-order valence-electron chi connectivity index (χ2n) is 6.58. The van der Waals surface area contributed by atoms with Crippen LogP contribution in [0.1, 0.15) is 28.8 Å². The Kier molecular flexibility index (Phi) is 6.44. The van der Waals surface area contributed by atoms with Crippen molar-refractivity contribution in [3.05, 3.63) is 57.8 Å². The first-order chi connectivity index (χ1) is 12.6. The summed E-state index contributed by atoms with van der Waals surface area (Å²) in [5, 5.41) is 23.6. The van der Waals surface area contributed by atoms with Gasteiger partial charge in [-0.2, -0.15) is 0 Å². The molecule has 0 atom stereocenters. The first-order valence-electron chi connectivity index (χ1n) is 8.79. The molecule has 138 valence electrons. The molecule has 5 nitrogen and oxygen atoms in total. The van der Waals surface area contributed by atoms with Crippen LogP contribution in [0.25, 0.3) is 6.08 Å². The quantitative estimate of drug-likeness (QED) is 0.682. The van der Waals surface area contributed by atoms with Gasteiger partial charge in [0.1, 0.15) is 5.75 Å². The summed E-state index contributed by atoms with van der Waals surface area (Å²) in [7, 11) is 0. The van der Waals surface area contributed by atoms with Crippen LogP contribution in [0.2, 0.25) is 0 Å². The lowest BCUT2D eigenvalue weighted by atomic mass is 10.0. The molecule has 0 saturated carbocycles. The van der Waals surface area contributed by atoms with Crippen molar-refractivity contribution in [1.82, 2.24) is 10.2 Å². The molecule has 1 aromatic carbocycles. The van der Waals surface area contributed by atoms with E-state index >= 15 is 0 Å². The Balaban J connectivity index is 1.42. The molecule has 2 aromatic rings. The molecule has 6 heteroatoms. The molecule has 0 spiro atoms. The Hall–Kier alpha value is -2.15. The minimum atomic E-state index is -0.0737. The maximum Gasteiger partial charge on any atom is 0.244 e. The van der Waals surface area contributed by atoms with Gasteiger partial charge in [-0.25, -0.2) is 0 Å². The molecule has 1 amide bonds. The monoisotopic (exact) mass is 372 g/mol. The molecule has 2 heterocycles. The van der Waals surface area contributed by atoms with Crippen LogP contribution in [0.4, 0.5) is 0 Å². The summed E-state index contributed by atoms with van der Waals surface area (Å²) in [5.74, 6) is 0.226. The zero-order valence-corrected chi connectivity index (χ0v) is 15.4. The molecule has 1 saturated heterocycles. The van der Waals surface area contributed by atoms with Crippen LogP contribution in [0, 0.1) is 0 Å². The molecule has 0 aliphatic carbocycles. The number of phenols is 1. The van der Waals surface area contributed by atoms with Gasteiger partial charge in [-0.05, 0) is 53.6 Å². The van der Waals surface area contributed by atoms with E-state index in [0.717, 1.165) is 48.5 Å². The second kappa shape index (κ2) is 8.98. The summed E-state index contributed by atoms with van der Waals surface area (Å²) in [6, 6.07) is 9.44. The number of thiophene rings is 1. The van der Waals surface area contributed by atoms with Crippen LogP contribution in [-0.2, 0) is 17.9 Å². The Morgan fingerprint density at radius 3 is 2.77 bits per heavy atom. The van der Waals surface area contributed by atoms with Crippen LogP contribution in [0.3, 0.4) is 0 Å². The number of phenolic OH excluding ortho intramolecular Hbond substituents is 1. The summed E-state index contributed by atoms with van der Waals surface area (Å²) in [6.45, 7) is 2.70. The average Bonchev–Trinajstić information content (AvgIpc) is 3.10. The fourth-order valence-corrected chi connectivity index (χ4v) is 3.92. The topological polar surface area (TPSA) is 72.8 Å². The van der Waals surface area contributed by atoms with Crippen LogP contribution < -0.4 is 5.32 Å². The average molecular weight is 372 g/mol. The lowest BCUT2D eigenvalue weighted by Crippen LogP contribution is -2.43. The Labute approximate surface area is 157 Å². The maximum absolute atomic E-state index is 12.1. The van der Waals surface area contributed by atoms with Gasteiger partial charge in [0.2, 0.25) is 5.91 Å². The Bertz CT molecular complexity index is 764. The number of aliphatic hydroxyl groups excluding tert-OH is 1. The molecular weight excluding hydrogens is 348 g/mol. The number of aromatic hydroxyl groups is 1. The van der Waals surface area contributed by atoms with Gasteiger partial charge in [0.25, 0.3) is 0 Å². The highest BCUT2D eigenvalue weighted by atomic mass is 32.1. The van der Waals surface area contributed by atoms with Crippen molar-refractivity contribution < 1.29 is 15.0 Å². The molecule has 3 rings (SSSR count). The number of hydrogen-bond donors (Lipinski definition) is 3. The largest absolute Gasteiger partial charge is 0.508 e. The Morgan fingerprint density at radius 2 is 2.08 bits per heavy atom. The van der Waals surface area contributed by atoms with E-state index < -0.39 is 0 Å². The third-order valence-corrected chi connectivity index (χ3v) is 5.45.